The molecule has 0 aromatic heterocycles. The van der Waals surface area contributed by atoms with Crippen molar-refractivity contribution in [3.05, 3.63) is 53.1 Å². The number of rotatable bonds is 5. The van der Waals surface area contributed by atoms with Crippen LogP contribution in [0.5, 0.6) is 0 Å². The molecule has 0 atom stereocenters. The fourth-order valence-electron chi connectivity index (χ4n) is 3.00. The SMILES string of the molecule is CCOC(=O)/C=C(\C)c1ccc2c3c(cccc13)C(=O)N(OSC(F)(F)F)C2=O. The number of alkyl halides is 3. The Labute approximate surface area is 167 Å². The maximum absolute atomic E-state index is 12.6. The third kappa shape index (κ3) is 4.13. The Morgan fingerprint density at radius 1 is 1.14 bits per heavy atom. The number of carbonyl (C=O) groups excluding carboxylic acids is 3. The summed E-state index contributed by atoms with van der Waals surface area (Å²) in [5.41, 5.74) is -3.63. The van der Waals surface area contributed by atoms with Gasteiger partial charge in [0.15, 0.2) is 0 Å². The first-order valence-corrected chi connectivity index (χ1v) is 9.10. The Bertz CT molecular complexity index is 1030. The standard InChI is InChI=1S/C19H14F3NO5S/c1-3-27-15(24)9-10(2)11-7-8-14-16-12(11)5-4-6-13(16)17(25)23(18(14)26)28-29-19(20,21)22/h4-9H,3H2,1-2H3/b10-9+. The van der Waals surface area contributed by atoms with Crippen molar-refractivity contribution in [2.45, 2.75) is 19.4 Å². The van der Waals surface area contributed by atoms with E-state index >= 15 is 0 Å². The van der Waals surface area contributed by atoms with Crippen LogP contribution in [0.4, 0.5) is 13.2 Å². The van der Waals surface area contributed by atoms with Crippen LogP contribution in [0.1, 0.15) is 40.1 Å². The van der Waals surface area contributed by atoms with E-state index in [1.807, 2.05) is 0 Å². The molecule has 2 aromatic carbocycles. The van der Waals surface area contributed by atoms with Crippen LogP contribution >= 0.6 is 12.0 Å². The van der Waals surface area contributed by atoms with Crippen molar-refractivity contribution in [3.8, 4) is 0 Å². The maximum Gasteiger partial charge on any atom is 0.470 e. The lowest BCUT2D eigenvalue weighted by atomic mass is 9.90. The second-order valence-corrected chi connectivity index (χ2v) is 6.76. The minimum Gasteiger partial charge on any atom is -0.463 e. The lowest BCUT2D eigenvalue weighted by molar-refractivity contribution is -0.137. The van der Waals surface area contributed by atoms with Crippen molar-refractivity contribution < 1.29 is 36.6 Å². The predicted molar refractivity (Wildman–Crippen MR) is 99.5 cm³/mol. The summed E-state index contributed by atoms with van der Waals surface area (Å²) in [5, 5.41) is 0.882. The Morgan fingerprint density at radius 2 is 1.79 bits per heavy atom. The molecule has 0 bridgehead atoms. The van der Waals surface area contributed by atoms with Crippen LogP contribution in [0, 0.1) is 0 Å². The number of hydroxylamine groups is 2. The average molecular weight is 425 g/mol. The minimum absolute atomic E-state index is 0.0191. The number of hydrogen-bond acceptors (Lipinski definition) is 6. The van der Waals surface area contributed by atoms with Gasteiger partial charge >= 0.3 is 11.5 Å². The van der Waals surface area contributed by atoms with Crippen LogP contribution in [0.25, 0.3) is 16.3 Å². The average Bonchev–Trinajstić information content (AvgIpc) is 2.64. The fraction of sp³-hybridized carbons (Fsp3) is 0.211. The van der Waals surface area contributed by atoms with E-state index < -0.39 is 35.3 Å². The van der Waals surface area contributed by atoms with Crippen LogP contribution in [0.3, 0.4) is 0 Å². The number of halogens is 3. The number of ether oxygens (including phenoxy) is 1. The first kappa shape index (κ1) is 20.9. The second kappa shape index (κ2) is 7.88. The topological polar surface area (TPSA) is 72.9 Å². The first-order valence-electron chi connectivity index (χ1n) is 8.36. The number of allylic oxidation sites excluding steroid dienone is 1. The van der Waals surface area contributed by atoms with E-state index in [2.05, 4.69) is 4.28 Å². The molecular formula is C19H14F3NO5S. The van der Waals surface area contributed by atoms with Crippen molar-refractivity contribution in [1.29, 1.82) is 0 Å². The van der Waals surface area contributed by atoms with Gasteiger partial charge in [-0.3, -0.25) is 9.59 Å². The van der Waals surface area contributed by atoms with Gasteiger partial charge < -0.3 is 4.74 Å². The normalized spacial score (nSPS) is 14.5. The van der Waals surface area contributed by atoms with E-state index in [1.54, 1.807) is 26.0 Å². The molecule has 0 N–H and O–H groups in total. The molecule has 0 saturated heterocycles. The van der Waals surface area contributed by atoms with Gasteiger partial charge in [0.2, 0.25) is 0 Å². The molecule has 29 heavy (non-hydrogen) atoms. The van der Waals surface area contributed by atoms with Crippen molar-refractivity contribution in [2.24, 2.45) is 0 Å². The zero-order chi connectivity index (χ0) is 21.3. The molecule has 0 unspecified atom stereocenters. The highest BCUT2D eigenvalue weighted by Gasteiger charge is 2.39. The van der Waals surface area contributed by atoms with E-state index in [1.165, 1.54) is 24.3 Å². The summed E-state index contributed by atoms with van der Waals surface area (Å²) >= 11 is -0.945. The smallest absolute Gasteiger partial charge is 0.463 e. The summed E-state index contributed by atoms with van der Waals surface area (Å²) in [4.78, 5) is 36.9. The summed E-state index contributed by atoms with van der Waals surface area (Å²) in [7, 11) is 0. The third-order valence-corrected chi connectivity index (χ3v) is 4.54. The zero-order valence-corrected chi connectivity index (χ0v) is 16.0. The lowest BCUT2D eigenvalue weighted by Crippen LogP contribution is -2.39. The number of amides is 2. The zero-order valence-electron chi connectivity index (χ0n) is 15.2. The molecule has 0 radical (unpaired) electrons. The predicted octanol–water partition coefficient (Wildman–Crippen LogP) is 4.50. The molecule has 0 fully saturated rings. The highest BCUT2D eigenvalue weighted by Crippen LogP contribution is 2.37. The van der Waals surface area contributed by atoms with Crippen molar-refractivity contribution in [3.63, 3.8) is 0 Å². The summed E-state index contributed by atoms with van der Waals surface area (Å²) in [6.45, 7) is 3.55. The van der Waals surface area contributed by atoms with Gasteiger partial charge in [0.05, 0.1) is 17.7 Å². The highest BCUT2D eigenvalue weighted by molar-refractivity contribution is 7.95. The number of benzene rings is 2. The molecule has 2 aromatic rings. The Hall–Kier alpha value is -2.85. The molecule has 3 rings (SSSR count). The van der Waals surface area contributed by atoms with Gasteiger partial charge in [-0.1, -0.05) is 18.2 Å². The molecular weight excluding hydrogens is 411 g/mol. The highest BCUT2D eigenvalue weighted by atomic mass is 32.2. The van der Waals surface area contributed by atoms with Crippen LogP contribution in [-0.2, 0) is 13.8 Å². The monoisotopic (exact) mass is 425 g/mol. The summed E-state index contributed by atoms with van der Waals surface area (Å²) in [6, 6.07) is 7.51. The molecule has 0 saturated carbocycles. The summed E-state index contributed by atoms with van der Waals surface area (Å²) < 4.78 is 46.6. The van der Waals surface area contributed by atoms with E-state index in [9.17, 15) is 27.6 Å². The van der Waals surface area contributed by atoms with E-state index in [0.29, 0.717) is 16.5 Å². The van der Waals surface area contributed by atoms with Gasteiger partial charge in [-0.2, -0.15) is 17.5 Å². The molecule has 1 aliphatic rings. The molecule has 1 aliphatic heterocycles. The molecule has 6 nitrogen and oxygen atoms in total. The molecule has 0 spiro atoms. The summed E-state index contributed by atoms with van der Waals surface area (Å²) in [5.74, 6) is -2.55. The number of esters is 1. The van der Waals surface area contributed by atoms with Crippen LogP contribution in [-0.4, -0.2) is 35.0 Å². The van der Waals surface area contributed by atoms with Crippen molar-refractivity contribution in [1.82, 2.24) is 5.06 Å². The molecule has 2 amide bonds. The van der Waals surface area contributed by atoms with E-state index in [4.69, 9.17) is 4.74 Å². The van der Waals surface area contributed by atoms with Gasteiger partial charge in [-0.05, 0) is 42.5 Å². The Morgan fingerprint density at radius 3 is 2.41 bits per heavy atom. The Kier molecular flexibility index (Phi) is 5.67. The number of hydrogen-bond donors (Lipinski definition) is 0. The van der Waals surface area contributed by atoms with Gasteiger partial charge in [0, 0.05) is 11.5 Å². The quantitative estimate of drug-likeness (QED) is 0.304. The van der Waals surface area contributed by atoms with E-state index in [0.717, 1.165) is 0 Å². The van der Waals surface area contributed by atoms with E-state index in [-0.39, 0.29) is 28.2 Å². The second-order valence-electron chi connectivity index (χ2n) is 5.98. The molecule has 0 aliphatic carbocycles. The van der Waals surface area contributed by atoms with Gasteiger partial charge in [0.1, 0.15) is 12.0 Å². The lowest BCUT2D eigenvalue weighted by Gasteiger charge is -2.26. The van der Waals surface area contributed by atoms with Crippen molar-refractivity contribution >= 4 is 46.2 Å². The number of imide groups is 1. The fourth-order valence-corrected chi connectivity index (χ4v) is 3.30. The maximum atomic E-state index is 12.6. The summed E-state index contributed by atoms with van der Waals surface area (Å²) in [6.07, 6.45) is 1.29. The number of carbonyl (C=O) groups is 3. The van der Waals surface area contributed by atoms with Gasteiger partial charge in [0.25, 0.3) is 11.8 Å². The number of nitrogens with zero attached hydrogens (tertiary/aromatic N) is 1. The van der Waals surface area contributed by atoms with Gasteiger partial charge in [-0.15, -0.1) is 5.06 Å². The Balaban J connectivity index is 2.09. The molecule has 10 heteroatoms. The largest absolute Gasteiger partial charge is 0.470 e. The minimum atomic E-state index is -4.79. The van der Waals surface area contributed by atoms with Crippen LogP contribution < -0.4 is 0 Å². The van der Waals surface area contributed by atoms with Crippen LogP contribution in [0.15, 0.2) is 36.4 Å². The van der Waals surface area contributed by atoms with Crippen molar-refractivity contribution in [2.75, 3.05) is 6.61 Å². The third-order valence-electron chi connectivity index (χ3n) is 4.12. The molecule has 152 valence electrons. The van der Waals surface area contributed by atoms with Crippen LogP contribution in [0.2, 0.25) is 0 Å². The van der Waals surface area contributed by atoms with Gasteiger partial charge in [-0.25, -0.2) is 4.79 Å². The first-order chi connectivity index (χ1) is 13.6. The molecule has 1 heterocycles.